The second kappa shape index (κ2) is 6.69. The van der Waals surface area contributed by atoms with E-state index in [9.17, 15) is 0 Å². The van der Waals surface area contributed by atoms with Crippen LogP contribution in [0.3, 0.4) is 0 Å². The summed E-state index contributed by atoms with van der Waals surface area (Å²) in [4.78, 5) is 4.25. The average Bonchev–Trinajstić information content (AvgIpc) is 2.27. The highest BCUT2D eigenvalue weighted by molar-refractivity contribution is 5.18. The monoisotopic (exact) mass is 238 g/mol. The normalized spacial score (nSPS) is 11.8. The lowest BCUT2D eigenvalue weighted by atomic mass is 10.2. The van der Waals surface area contributed by atoms with Crippen LogP contribution in [0.15, 0.2) is 18.3 Å². The molecule has 0 fully saturated rings. The first kappa shape index (κ1) is 14.1. The van der Waals surface area contributed by atoms with Gasteiger partial charge in [0, 0.05) is 12.7 Å². The van der Waals surface area contributed by atoms with E-state index in [0.29, 0.717) is 26.4 Å². The van der Waals surface area contributed by atoms with Crippen molar-refractivity contribution in [3.63, 3.8) is 0 Å². The van der Waals surface area contributed by atoms with E-state index < -0.39 is 0 Å². The van der Waals surface area contributed by atoms with Gasteiger partial charge in [0.25, 0.3) is 0 Å². The highest BCUT2D eigenvalue weighted by atomic mass is 16.5. The lowest BCUT2D eigenvalue weighted by Crippen LogP contribution is -2.21. The van der Waals surface area contributed by atoms with Crippen LogP contribution in [0.2, 0.25) is 0 Å². The topological polar surface area (TPSA) is 57.4 Å². The van der Waals surface area contributed by atoms with E-state index in [1.807, 2.05) is 32.9 Å². The minimum Gasteiger partial charge on any atom is -0.373 e. The maximum Gasteiger partial charge on any atom is 0.0892 e. The summed E-state index contributed by atoms with van der Waals surface area (Å²) in [6, 6.07) is 3.85. The van der Waals surface area contributed by atoms with Gasteiger partial charge < -0.3 is 15.2 Å². The van der Waals surface area contributed by atoms with Crippen LogP contribution in [0.4, 0.5) is 0 Å². The van der Waals surface area contributed by atoms with Crippen molar-refractivity contribution in [2.24, 2.45) is 5.73 Å². The van der Waals surface area contributed by atoms with Gasteiger partial charge in [0.05, 0.1) is 31.1 Å². The Morgan fingerprint density at radius 1 is 1.29 bits per heavy atom. The third-order valence-corrected chi connectivity index (χ3v) is 2.21. The Bertz CT molecular complexity index is 334. The molecular weight excluding hydrogens is 216 g/mol. The van der Waals surface area contributed by atoms with Crippen molar-refractivity contribution < 1.29 is 9.47 Å². The number of ether oxygens (including phenoxy) is 2. The molecule has 0 bridgehead atoms. The SMILES string of the molecule is CC(C)(C)OCCOCc1ncccc1CN. The van der Waals surface area contributed by atoms with Gasteiger partial charge in [-0.15, -0.1) is 0 Å². The summed E-state index contributed by atoms with van der Waals surface area (Å²) in [5.41, 5.74) is 7.44. The van der Waals surface area contributed by atoms with Gasteiger partial charge in [-0.05, 0) is 32.4 Å². The molecule has 0 aromatic carbocycles. The molecule has 0 saturated heterocycles. The number of pyridine rings is 1. The van der Waals surface area contributed by atoms with Gasteiger partial charge in [0.1, 0.15) is 0 Å². The Kier molecular flexibility index (Phi) is 5.55. The fourth-order valence-electron chi connectivity index (χ4n) is 1.36. The molecule has 1 aromatic heterocycles. The van der Waals surface area contributed by atoms with Gasteiger partial charge in [0.2, 0.25) is 0 Å². The van der Waals surface area contributed by atoms with Crippen LogP contribution in [0, 0.1) is 0 Å². The number of rotatable bonds is 6. The summed E-state index contributed by atoms with van der Waals surface area (Å²) in [5.74, 6) is 0. The molecule has 0 aliphatic rings. The Labute approximate surface area is 103 Å². The highest BCUT2D eigenvalue weighted by Gasteiger charge is 2.09. The van der Waals surface area contributed by atoms with Crippen molar-refractivity contribution in [1.82, 2.24) is 4.98 Å². The molecular formula is C13H22N2O2. The summed E-state index contributed by atoms with van der Waals surface area (Å²) in [6.45, 7) is 8.22. The molecule has 0 spiro atoms. The first-order valence-electron chi connectivity index (χ1n) is 5.87. The molecule has 1 aromatic rings. The summed E-state index contributed by atoms with van der Waals surface area (Å²) < 4.78 is 11.1. The third kappa shape index (κ3) is 5.77. The van der Waals surface area contributed by atoms with E-state index in [1.54, 1.807) is 6.20 Å². The summed E-state index contributed by atoms with van der Waals surface area (Å²) in [7, 11) is 0. The maximum atomic E-state index is 5.62. The van der Waals surface area contributed by atoms with E-state index >= 15 is 0 Å². The summed E-state index contributed by atoms with van der Waals surface area (Å²) in [6.07, 6.45) is 1.75. The molecule has 4 heteroatoms. The molecule has 0 aliphatic carbocycles. The molecule has 1 heterocycles. The van der Waals surface area contributed by atoms with Gasteiger partial charge in [-0.2, -0.15) is 0 Å². The lowest BCUT2D eigenvalue weighted by molar-refractivity contribution is -0.0381. The first-order chi connectivity index (χ1) is 8.03. The Balaban J connectivity index is 2.27. The Morgan fingerprint density at radius 2 is 2.06 bits per heavy atom. The molecule has 96 valence electrons. The van der Waals surface area contributed by atoms with Crippen LogP contribution in [-0.4, -0.2) is 23.8 Å². The molecule has 0 aliphatic heterocycles. The van der Waals surface area contributed by atoms with E-state index in [0.717, 1.165) is 11.3 Å². The van der Waals surface area contributed by atoms with Gasteiger partial charge in [0.15, 0.2) is 0 Å². The first-order valence-corrected chi connectivity index (χ1v) is 5.87. The number of nitrogens with two attached hydrogens (primary N) is 1. The molecule has 0 radical (unpaired) electrons. The zero-order chi connectivity index (χ0) is 12.7. The smallest absolute Gasteiger partial charge is 0.0892 e. The quantitative estimate of drug-likeness (QED) is 0.769. The lowest BCUT2D eigenvalue weighted by Gasteiger charge is -2.19. The summed E-state index contributed by atoms with van der Waals surface area (Å²) >= 11 is 0. The fraction of sp³-hybridized carbons (Fsp3) is 0.615. The van der Waals surface area contributed by atoms with Crippen molar-refractivity contribution in [2.75, 3.05) is 13.2 Å². The van der Waals surface area contributed by atoms with E-state index in [4.69, 9.17) is 15.2 Å². The van der Waals surface area contributed by atoms with Crippen molar-refractivity contribution in [2.45, 2.75) is 39.5 Å². The minimum atomic E-state index is -0.114. The van der Waals surface area contributed by atoms with Crippen LogP contribution in [-0.2, 0) is 22.6 Å². The Hall–Kier alpha value is -0.970. The number of aromatic nitrogens is 1. The standard InChI is InChI=1S/C13H22N2O2/c1-13(2,3)17-8-7-16-10-12-11(9-14)5-4-6-15-12/h4-6H,7-10,14H2,1-3H3. The molecule has 1 rings (SSSR count). The number of nitrogens with zero attached hydrogens (tertiary/aromatic N) is 1. The zero-order valence-corrected chi connectivity index (χ0v) is 10.9. The number of hydrogen-bond donors (Lipinski definition) is 1. The van der Waals surface area contributed by atoms with Crippen LogP contribution in [0.25, 0.3) is 0 Å². The van der Waals surface area contributed by atoms with Crippen molar-refractivity contribution in [3.8, 4) is 0 Å². The van der Waals surface area contributed by atoms with E-state index in [-0.39, 0.29) is 5.60 Å². The second-order valence-corrected chi connectivity index (χ2v) is 4.83. The molecule has 0 amide bonds. The zero-order valence-electron chi connectivity index (χ0n) is 10.9. The second-order valence-electron chi connectivity index (χ2n) is 4.83. The van der Waals surface area contributed by atoms with Crippen LogP contribution >= 0.6 is 0 Å². The Morgan fingerprint density at radius 3 is 2.71 bits per heavy atom. The van der Waals surface area contributed by atoms with Crippen LogP contribution < -0.4 is 5.73 Å². The predicted octanol–water partition coefficient (Wildman–Crippen LogP) is 1.87. The maximum absolute atomic E-state index is 5.62. The van der Waals surface area contributed by atoms with Gasteiger partial charge in [-0.3, -0.25) is 4.98 Å². The largest absolute Gasteiger partial charge is 0.373 e. The molecule has 17 heavy (non-hydrogen) atoms. The van der Waals surface area contributed by atoms with E-state index in [1.165, 1.54) is 0 Å². The highest BCUT2D eigenvalue weighted by Crippen LogP contribution is 2.07. The van der Waals surface area contributed by atoms with E-state index in [2.05, 4.69) is 4.98 Å². The van der Waals surface area contributed by atoms with Gasteiger partial charge >= 0.3 is 0 Å². The predicted molar refractivity (Wildman–Crippen MR) is 67.5 cm³/mol. The fourth-order valence-corrected chi connectivity index (χ4v) is 1.36. The van der Waals surface area contributed by atoms with Crippen LogP contribution in [0.1, 0.15) is 32.0 Å². The molecule has 0 unspecified atom stereocenters. The molecule has 0 atom stereocenters. The minimum absolute atomic E-state index is 0.114. The summed E-state index contributed by atoms with van der Waals surface area (Å²) in [5, 5.41) is 0. The van der Waals surface area contributed by atoms with Gasteiger partial charge in [-0.1, -0.05) is 6.07 Å². The molecule has 4 nitrogen and oxygen atoms in total. The third-order valence-electron chi connectivity index (χ3n) is 2.21. The van der Waals surface area contributed by atoms with Crippen molar-refractivity contribution in [1.29, 1.82) is 0 Å². The van der Waals surface area contributed by atoms with Crippen molar-refractivity contribution in [3.05, 3.63) is 29.6 Å². The molecule has 2 N–H and O–H groups in total. The van der Waals surface area contributed by atoms with Gasteiger partial charge in [-0.25, -0.2) is 0 Å². The number of hydrogen-bond acceptors (Lipinski definition) is 4. The van der Waals surface area contributed by atoms with Crippen molar-refractivity contribution >= 4 is 0 Å². The average molecular weight is 238 g/mol. The van der Waals surface area contributed by atoms with Crippen LogP contribution in [0.5, 0.6) is 0 Å². The molecule has 0 saturated carbocycles.